The standard InChI is InChI=1S/C17H19N3S/c1-2-11-18-12-13-7-3-6-10-16(13)21-17-19-14-8-4-5-9-15(14)20-17/h3-10,18H,2,11-12H2,1H3,(H,19,20). The predicted octanol–water partition coefficient (Wildman–Crippen LogP) is 4.21. The van der Waals surface area contributed by atoms with Gasteiger partial charge in [-0.05, 0) is 36.7 Å². The van der Waals surface area contributed by atoms with Crippen molar-refractivity contribution in [2.75, 3.05) is 6.54 Å². The molecule has 1 heterocycles. The van der Waals surface area contributed by atoms with E-state index in [9.17, 15) is 0 Å². The lowest BCUT2D eigenvalue weighted by atomic mass is 10.2. The molecule has 0 saturated heterocycles. The summed E-state index contributed by atoms with van der Waals surface area (Å²) in [5, 5.41) is 4.40. The number of aromatic amines is 1. The largest absolute Gasteiger partial charge is 0.333 e. The minimum absolute atomic E-state index is 0.900. The minimum atomic E-state index is 0.900. The number of aromatic nitrogens is 2. The van der Waals surface area contributed by atoms with Gasteiger partial charge >= 0.3 is 0 Å². The zero-order chi connectivity index (χ0) is 14.5. The van der Waals surface area contributed by atoms with Crippen molar-refractivity contribution in [3.05, 3.63) is 54.1 Å². The van der Waals surface area contributed by atoms with Crippen LogP contribution in [0.2, 0.25) is 0 Å². The summed E-state index contributed by atoms with van der Waals surface area (Å²) in [5.41, 5.74) is 3.42. The van der Waals surface area contributed by atoms with Crippen molar-refractivity contribution in [2.45, 2.75) is 29.9 Å². The van der Waals surface area contributed by atoms with Crippen molar-refractivity contribution in [1.29, 1.82) is 0 Å². The Morgan fingerprint density at radius 1 is 1.10 bits per heavy atom. The van der Waals surface area contributed by atoms with E-state index in [0.717, 1.165) is 35.7 Å². The first kappa shape index (κ1) is 14.2. The van der Waals surface area contributed by atoms with Gasteiger partial charge in [0, 0.05) is 11.4 Å². The molecule has 2 aromatic carbocycles. The molecule has 0 amide bonds. The van der Waals surface area contributed by atoms with Crippen molar-refractivity contribution in [3.8, 4) is 0 Å². The first-order valence-electron chi connectivity index (χ1n) is 7.28. The maximum atomic E-state index is 4.63. The molecule has 0 atom stereocenters. The molecule has 2 N–H and O–H groups in total. The molecule has 21 heavy (non-hydrogen) atoms. The van der Waals surface area contributed by atoms with Gasteiger partial charge in [-0.25, -0.2) is 4.98 Å². The van der Waals surface area contributed by atoms with E-state index in [4.69, 9.17) is 0 Å². The number of hydrogen-bond acceptors (Lipinski definition) is 3. The van der Waals surface area contributed by atoms with Crippen LogP contribution in [0, 0.1) is 0 Å². The quantitative estimate of drug-likeness (QED) is 0.669. The Hall–Kier alpha value is -1.78. The van der Waals surface area contributed by atoms with Crippen LogP contribution in [0.1, 0.15) is 18.9 Å². The van der Waals surface area contributed by atoms with Crippen LogP contribution in [-0.2, 0) is 6.54 Å². The molecule has 0 aliphatic heterocycles. The highest BCUT2D eigenvalue weighted by Crippen LogP contribution is 2.29. The lowest BCUT2D eigenvalue weighted by Crippen LogP contribution is -2.14. The van der Waals surface area contributed by atoms with Gasteiger partial charge in [0.05, 0.1) is 11.0 Å². The Bertz CT molecular complexity index is 688. The topological polar surface area (TPSA) is 40.7 Å². The molecule has 0 aliphatic rings. The molecule has 3 nitrogen and oxygen atoms in total. The van der Waals surface area contributed by atoms with Crippen LogP contribution in [0.5, 0.6) is 0 Å². The summed E-state index contributed by atoms with van der Waals surface area (Å²) in [7, 11) is 0. The number of hydrogen-bond donors (Lipinski definition) is 2. The third-order valence-electron chi connectivity index (χ3n) is 3.29. The van der Waals surface area contributed by atoms with Crippen molar-refractivity contribution in [2.24, 2.45) is 0 Å². The van der Waals surface area contributed by atoms with Crippen molar-refractivity contribution >= 4 is 22.8 Å². The van der Waals surface area contributed by atoms with Crippen LogP contribution in [-0.4, -0.2) is 16.5 Å². The first-order valence-corrected chi connectivity index (χ1v) is 8.09. The maximum absolute atomic E-state index is 4.63. The van der Waals surface area contributed by atoms with Gasteiger partial charge in [-0.2, -0.15) is 0 Å². The Morgan fingerprint density at radius 2 is 1.90 bits per heavy atom. The molecule has 0 fully saturated rings. The first-order chi connectivity index (χ1) is 10.4. The van der Waals surface area contributed by atoms with E-state index < -0.39 is 0 Å². The van der Waals surface area contributed by atoms with Crippen LogP contribution in [0.4, 0.5) is 0 Å². The van der Waals surface area contributed by atoms with Crippen LogP contribution in [0.25, 0.3) is 11.0 Å². The normalized spacial score (nSPS) is 11.1. The zero-order valence-electron chi connectivity index (χ0n) is 12.1. The number of para-hydroxylation sites is 2. The van der Waals surface area contributed by atoms with E-state index in [2.05, 4.69) is 52.5 Å². The molecule has 108 valence electrons. The van der Waals surface area contributed by atoms with E-state index in [1.807, 2.05) is 18.2 Å². The average Bonchev–Trinajstić information content (AvgIpc) is 2.91. The second kappa shape index (κ2) is 6.78. The van der Waals surface area contributed by atoms with Crippen LogP contribution in [0.3, 0.4) is 0 Å². The van der Waals surface area contributed by atoms with E-state index >= 15 is 0 Å². The van der Waals surface area contributed by atoms with Gasteiger partial charge < -0.3 is 10.3 Å². The van der Waals surface area contributed by atoms with Gasteiger partial charge in [0.25, 0.3) is 0 Å². The number of imidazole rings is 1. The fraction of sp³-hybridized carbons (Fsp3) is 0.235. The third-order valence-corrected chi connectivity index (χ3v) is 4.29. The summed E-state index contributed by atoms with van der Waals surface area (Å²) in [4.78, 5) is 9.25. The molecular weight excluding hydrogens is 278 g/mol. The summed E-state index contributed by atoms with van der Waals surface area (Å²) in [6, 6.07) is 16.6. The summed E-state index contributed by atoms with van der Waals surface area (Å²) in [6.45, 7) is 4.13. The molecule has 4 heteroatoms. The van der Waals surface area contributed by atoms with Gasteiger partial charge in [0.2, 0.25) is 0 Å². The summed E-state index contributed by atoms with van der Waals surface area (Å²) < 4.78 is 0. The molecule has 0 aliphatic carbocycles. The van der Waals surface area contributed by atoms with Crippen molar-refractivity contribution < 1.29 is 0 Å². The smallest absolute Gasteiger partial charge is 0.171 e. The third kappa shape index (κ3) is 3.46. The Morgan fingerprint density at radius 3 is 2.76 bits per heavy atom. The molecule has 3 rings (SSSR count). The molecule has 3 aromatic rings. The number of benzene rings is 2. The number of H-pyrrole nitrogens is 1. The van der Waals surface area contributed by atoms with Gasteiger partial charge in [-0.15, -0.1) is 0 Å². The highest BCUT2D eigenvalue weighted by atomic mass is 32.2. The lowest BCUT2D eigenvalue weighted by Gasteiger charge is -2.08. The van der Waals surface area contributed by atoms with E-state index in [1.54, 1.807) is 11.8 Å². The molecule has 0 bridgehead atoms. The van der Waals surface area contributed by atoms with Crippen LogP contribution in [0.15, 0.2) is 58.6 Å². The average molecular weight is 297 g/mol. The fourth-order valence-electron chi connectivity index (χ4n) is 2.23. The molecule has 0 radical (unpaired) electrons. The SMILES string of the molecule is CCCNCc1ccccc1Sc1nc2ccccc2[nH]1. The molecule has 0 spiro atoms. The van der Waals surface area contributed by atoms with Gasteiger partial charge in [0.1, 0.15) is 0 Å². The van der Waals surface area contributed by atoms with E-state index in [-0.39, 0.29) is 0 Å². The zero-order valence-corrected chi connectivity index (χ0v) is 12.9. The van der Waals surface area contributed by atoms with Gasteiger partial charge in [-0.1, -0.05) is 49.0 Å². The number of rotatable bonds is 6. The highest BCUT2D eigenvalue weighted by molar-refractivity contribution is 7.99. The number of fused-ring (bicyclic) bond motifs is 1. The number of nitrogens with zero attached hydrogens (tertiary/aromatic N) is 1. The van der Waals surface area contributed by atoms with Gasteiger partial charge in [-0.3, -0.25) is 0 Å². The summed E-state index contributed by atoms with van der Waals surface area (Å²) in [6.07, 6.45) is 1.15. The Kier molecular flexibility index (Phi) is 4.58. The van der Waals surface area contributed by atoms with E-state index in [0.29, 0.717) is 0 Å². The van der Waals surface area contributed by atoms with Crippen LogP contribution >= 0.6 is 11.8 Å². The highest BCUT2D eigenvalue weighted by Gasteiger charge is 2.07. The molecule has 0 saturated carbocycles. The van der Waals surface area contributed by atoms with E-state index in [1.165, 1.54) is 10.5 Å². The van der Waals surface area contributed by atoms with Crippen LogP contribution < -0.4 is 5.32 Å². The summed E-state index contributed by atoms with van der Waals surface area (Å²) in [5.74, 6) is 0. The van der Waals surface area contributed by atoms with Crippen molar-refractivity contribution in [3.63, 3.8) is 0 Å². The molecule has 1 aromatic heterocycles. The Balaban J connectivity index is 1.80. The predicted molar refractivity (Wildman–Crippen MR) is 88.7 cm³/mol. The summed E-state index contributed by atoms with van der Waals surface area (Å²) >= 11 is 1.69. The minimum Gasteiger partial charge on any atom is -0.333 e. The monoisotopic (exact) mass is 297 g/mol. The van der Waals surface area contributed by atoms with Crippen molar-refractivity contribution in [1.82, 2.24) is 15.3 Å². The second-order valence-electron chi connectivity index (χ2n) is 4.95. The van der Waals surface area contributed by atoms with Gasteiger partial charge in [0.15, 0.2) is 5.16 Å². The molecular formula is C17H19N3S. The fourth-order valence-corrected chi connectivity index (χ4v) is 3.16. The lowest BCUT2D eigenvalue weighted by molar-refractivity contribution is 0.669. The molecule has 0 unspecified atom stereocenters. The second-order valence-corrected chi connectivity index (χ2v) is 5.98. The maximum Gasteiger partial charge on any atom is 0.171 e. The Labute approximate surface area is 129 Å². The number of nitrogens with one attached hydrogen (secondary N) is 2.